The van der Waals surface area contributed by atoms with Crippen molar-refractivity contribution in [3.63, 3.8) is 0 Å². The number of ether oxygens (including phenoxy) is 2. The number of hydrogen-bond acceptors (Lipinski definition) is 5. The van der Waals surface area contributed by atoms with Gasteiger partial charge in [0.25, 0.3) is 0 Å². The number of aliphatic imine (C=N–C) groups is 1. The van der Waals surface area contributed by atoms with Crippen LogP contribution in [0.1, 0.15) is 25.3 Å². The molecule has 2 fully saturated rings. The highest BCUT2D eigenvalue weighted by atomic mass is 127. The summed E-state index contributed by atoms with van der Waals surface area (Å²) in [5, 5.41) is 3.30. The molecule has 168 valence electrons. The van der Waals surface area contributed by atoms with Gasteiger partial charge in [-0.15, -0.1) is 24.0 Å². The summed E-state index contributed by atoms with van der Waals surface area (Å²) in [6, 6.07) is 5.34. The molecule has 7 nitrogen and oxygen atoms in total. The van der Waals surface area contributed by atoms with Gasteiger partial charge >= 0.3 is 5.97 Å². The average molecular weight is 534 g/mol. The van der Waals surface area contributed by atoms with Crippen LogP contribution in [0.4, 0.5) is 10.1 Å². The number of carbonyl (C=O) groups excluding carboxylic acids is 1. The summed E-state index contributed by atoms with van der Waals surface area (Å²) in [7, 11) is 1.43. The van der Waals surface area contributed by atoms with Crippen LogP contribution in [0.2, 0.25) is 0 Å². The van der Waals surface area contributed by atoms with Crippen LogP contribution in [0.25, 0.3) is 0 Å². The number of benzene rings is 1. The van der Waals surface area contributed by atoms with Gasteiger partial charge in [0, 0.05) is 32.7 Å². The molecule has 30 heavy (non-hydrogen) atoms. The van der Waals surface area contributed by atoms with Crippen molar-refractivity contribution in [1.82, 2.24) is 10.2 Å². The van der Waals surface area contributed by atoms with Crippen molar-refractivity contribution in [1.29, 1.82) is 0 Å². The quantitative estimate of drug-likeness (QED) is 0.271. The van der Waals surface area contributed by atoms with E-state index in [4.69, 9.17) is 14.5 Å². The van der Waals surface area contributed by atoms with Gasteiger partial charge in [0.05, 0.1) is 38.5 Å². The summed E-state index contributed by atoms with van der Waals surface area (Å²) in [5.74, 6) is 0.403. The molecule has 0 amide bonds. The van der Waals surface area contributed by atoms with Crippen molar-refractivity contribution >= 4 is 41.6 Å². The maximum Gasteiger partial charge on any atom is 0.308 e. The molecule has 1 aromatic rings. The predicted molar refractivity (Wildman–Crippen MR) is 126 cm³/mol. The van der Waals surface area contributed by atoms with E-state index in [9.17, 15) is 9.18 Å². The molecule has 9 heteroatoms. The number of esters is 1. The summed E-state index contributed by atoms with van der Waals surface area (Å²) in [5.41, 5.74) is 1.46. The van der Waals surface area contributed by atoms with Gasteiger partial charge in [-0.25, -0.2) is 9.38 Å². The molecule has 0 bridgehead atoms. The van der Waals surface area contributed by atoms with Crippen molar-refractivity contribution in [2.24, 2.45) is 10.9 Å². The Kier molecular flexibility index (Phi) is 10.1. The fourth-order valence-electron chi connectivity index (χ4n) is 3.80. The predicted octanol–water partition coefficient (Wildman–Crippen LogP) is 2.63. The van der Waals surface area contributed by atoms with E-state index in [1.807, 2.05) is 24.0 Å². The lowest BCUT2D eigenvalue weighted by atomic mass is 9.97. The summed E-state index contributed by atoms with van der Waals surface area (Å²) in [6.45, 7) is 7.34. The molecular formula is C21H32FIN4O3. The highest BCUT2D eigenvalue weighted by Crippen LogP contribution is 2.22. The van der Waals surface area contributed by atoms with Gasteiger partial charge in [0.15, 0.2) is 5.96 Å². The lowest BCUT2D eigenvalue weighted by Crippen LogP contribution is -2.46. The second-order valence-electron chi connectivity index (χ2n) is 7.34. The van der Waals surface area contributed by atoms with Crippen LogP contribution >= 0.6 is 24.0 Å². The number of halogens is 2. The van der Waals surface area contributed by atoms with Crippen molar-refractivity contribution in [3.05, 3.63) is 29.6 Å². The molecule has 0 spiro atoms. The monoisotopic (exact) mass is 534 g/mol. The van der Waals surface area contributed by atoms with Crippen molar-refractivity contribution in [2.45, 2.75) is 26.3 Å². The Bertz CT molecular complexity index is 720. The van der Waals surface area contributed by atoms with Crippen LogP contribution < -0.4 is 10.2 Å². The van der Waals surface area contributed by atoms with Gasteiger partial charge < -0.3 is 24.6 Å². The number of guanidine groups is 1. The number of nitrogens with zero attached hydrogens (tertiary/aromatic N) is 3. The zero-order valence-electron chi connectivity index (χ0n) is 17.7. The molecule has 2 aliphatic rings. The number of rotatable bonds is 5. The maximum absolute atomic E-state index is 14.6. The normalized spacial score (nSPS) is 18.0. The molecule has 2 heterocycles. The first-order chi connectivity index (χ1) is 14.1. The fourth-order valence-corrected chi connectivity index (χ4v) is 3.80. The summed E-state index contributed by atoms with van der Waals surface area (Å²) >= 11 is 0. The number of morpholine rings is 1. The minimum Gasteiger partial charge on any atom is -0.469 e. The van der Waals surface area contributed by atoms with E-state index in [-0.39, 0.29) is 41.7 Å². The van der Waals surface area contributed by atoms with Gasteiger partial charge in [0.1, 0.15) is 5.82 Å². The van der Waals surface area contributed by atoms with E-state index >= 15 is 0 Å². The minimum absolute atomic E-state index is 0. The van der Waals surface area contributed by atoms with E-state index in [0.717, 1.165) is 44.0 Å². The summed E-state index contributed by atoms with van der Waals surface area (Å²) < 4.78 is 24.8. The number of anilines is 1. The highest BCUT2D eigenvalue weighted by molar-refractivity contribution is 14.0. The molecule has 0 aromatic heterocycles. The van der Waals surface area contributed by atoms with E-state index in [1.54, 1.807) is 6.07 Å². The van der Waals surface area contributed by atoms with Gasteiger partial charge in [-0.2, -0.15) is 0 Å². The van der Waals surface area contributed by atoms with Crippen LogP contribution in [-0.4, -0.2) is 69.9 Å². The Labute approximate surface area is 195 Å². The van der Waals surface area contributed by atoms with Gasteiger partial charge in [-0.1, -0.05) is 6.07 Å². The zero-order chi connectivity index (χ0) is 20.6. The lowest BCUT2D eigenvalue weighted by Gasteiger charge is -2.33. The third kappa shape index (κ3) is 6.44. The van der Waals surface area contributed by atoms with Crippen LogP contribution in [0.5, 0.6) is 0 Å². The standard InChI is InChI=1S/C21H31FN4O3.HI/c1-3-23-21(26-8-6-17(7-9-26)20(27)28-2)24-15-16-4-5-19(18(22)14-16)25-10-12-29-13-11-25;/h4-5,14,17H,3,6-13,15H2,1-2H3,(H,23,24);1H. The second kappa shape index (κ2) is 12.3. The first-order valence-electron chi connectivity index (χ1n) is 10.3. The third-order valence-corrected chi connectivity index (χ3v) is 5.44. The molecule has 0 aliphatic carbocycles. The largest absolute Gasteiger partial charge is 0.469 e. The molecule has 0 unspecified atom stereocenters. The molecule has 3 rings (SSSR count). The minimum atomic E-state index is -0.219. The maximum atomic E-state index is 14.6. The van der Waals surface area contributed by atoms with Crippen LogP contribution in [0.3, 0.4) is 0 Å². The van der Waals surface area contributed by atoms with E-state index < -0.39 is 0 Å². The van der Waals surface area contributed by atoms with Crippen molar-refractivity contribution in [3.8, 4) is 0 Å². The number of piperidine rings is 1. The zero-order valence-corrected chi connectivity index (χ0v) is 20.1. The first kappa shape index (κ1) is 24.6. The van der Waals surface area contributed by atoms with Gasteiger partial charge in [-0.3, -0.25) is 4.79 Å². The molecule has 0 atom stereocenters. The van der Waals surface area contributed by atoms with E-state index in [2.05, 4.69) is 10.2 Å². The Morgan fingerprint density at radius 2 is 1.97 bits per heavy atom. The number of nitrogens with one attached hydrogen (secondary N) is 1. The lowest BCUT2D eigenvalue weighted by molar-refractivity contribution is -0.146. The SMILES string of the molecule is CCNC(=NCc1ccc(N2CCOCC2)c(F)c1)N1CCC(C(=O)OC)CC1.I. The Hall–Kier alpha value is -1.62. The topological polar surface area (TPSA) is 66.4 Å². The molecule has 1 aromatic carbocycles. The smallest absolute Gasteiger partial charge is 0.308 e. The molecular weight excluding hydrogens is 502 g/mol. The number of hydrogen-bond donors (Lipinski definition) is 1. The van der Waals surface area contributed by atoms with Crippen LogP contribution in [-0.2, 0) is 20.8 Å². The Morgan fingerprint density at radius 3 is 2.57 bits per heavy atom. The van der Waals surface area contributed by atoms with Crippen molar-refractivity contribution in [2.75, 3.05) is 57.9 Å². The van der Waals surface area contributed by atoms with Crippen LogP contribution in [0.15, 0.2) is 23.2 Å². The fraction of sp³-hybridized carbons (Fsp3) is 0.619. The third-order valence-electron chi connectivity index (χ3n) is 5.44. The Morgan fingerprint density at radius 1 is 1.27 bits per heavy atom. The molecule has 2 saturated heterocycles. The Balaban J connectivity index is 0.00000320. The van der Waals surface area contributed by atoms with E-state index in [1.165, 1.54) is 7.11 Å². The van der Waals surface area contributed by atoms with Crippen molar-refractivity contribution < 1.29 is 18.7 Å². The second-order valence-corrected chi connectivity index (χ2v) is 7.34. The summed E-state index contributed by atoms with van der Waals surface area (Å²) in [4.78, 5) is 20.6. The van der Waals surface area contributed by atoms with E-state index in [0.29, 0.717) is 38.5 Å². The number of methoxy groups -OCH3 is 1. The molecule has 1 N–H and O–H groups in total. The first-order valence-corrected chi connectivity index (χ1v) is 10.3. The van der Waals surface area contributed by atoms with Gasteiger partial charge in [0.2, 0.25) is 0 Å². The van der Waals surface area contributed by atoms with Gasteiger partial charge in [-0.05, 0) is 37.5 Å². The molecule has 2 aliphatic heterocycles. The molecule has 0 radical (unpaired) electrons. The number of likely N-dealkylation sites (tertiary alicyclic amines) is 1. The average Bonchev–Trinajstić information content (AvgIpc) is 2.77. The van der Waals surface area contributed by atoms with Crippen LogP contribution in [0, 0.1) is 11.7 Å². The number of carbonyl (C=O) groups is 1. The molecule has 0 saturated carbocycles. The summed E-state index contributed by atoms with van der Waals surface area (Å²) in [6.07, 6.45) is 1.50. The highest BCUT2D eigenvalue weighted by Gasteiger charge is 2.27.